The van der Waals surface area contributed by atoms with Gasteiger partial charge in [-0.25, -0.2) is 0 Å². The number of amides is 1. The minimum absolute atomic E-state index is 0.0476. The van der Waals surface area contributed by atoms with E-state index in [2.05, 4.69) is 24.4 Å². The SMILES string of the molecule is CCC/C=C/CC(C)NC(C)=O. The second kappa shape index (κ2) is 6.89. The van der Waals surface area contributed by atoms with E-state index in [9.17, 15) is 4.79 Å². The largest absolute Gasteiger partial charge is 0.354 e. The Morgan fingerprint density at radius 3 is 2.67 bits per heavy atom. The first-order valence-corrected chi connectivity index (χ1v) is 4.59. The van der Waals surface area contributed by atoms with Crippen molar-refractivity contribution in [1.82, 2.24) is 5.32 Å². The molecule has 0 aromatic rings. The van der Waals surface area contributed by atoms with Gasteiger partial charge in [0.15, 0.2) is 0 Å². The van der Waals surface area contributed by atoms with E-state index < -0.39 is 0 Å². The average molecular weight is 169 g/mol. The van der Waals surface area contributed by atoms with Crippen LogP contribution in [0, 0.1) is 0 Å². The lowest BCUT2D eigenvalue weighted by Gasteiger charge is -2.08. The molecule has 1 amide bonds. The summed E-state index contributed by atoms with van der Waals surface area (Å²) in [4.78, 5) is 10.6. The van der Waals surface area contributed by atoms with Crippen LogP contribution in [0.3, 0.4) is 0 Å². The van der Waals surface area contributed by atoms with Gasteiger partial charge in [-0.3, -0.25) is 4.79 Å². The topological polar surface area (TPSA) is 29.1 Å². The van der Waals surface area contributed by atoms with E-state index >= 15 is 0 Å². The normalized spacial score (nSPS) is 13.2. The van der Waals surface area contributed by atoms with Crippen LogP contribution in [0.2, 0.25) is 0 Å². The zero-order chi connectivity index (χ0) is 9.40. The summed E-state index contributed by atoms with van der Waals surface area (Å²) < 4.78 is 0. The van der Waals surface area contributed by atoms with Crippen molar-refractivity contribution in [1.29, 1.82) is 0 Å². The Hall–Kier alpha value is -0.790. The highest BCUT2D eigenvalue weighted by molar-refractivity contribution is 5.73. The summed E-state index contributed by atoms with van der Waals surface area (Å²) >= 11 is 0. The van der Waals surface area contributed by atoms with Gasteiger partial charge in [-0.15, -0.1) is 0 Å². The van der Waals surface area contributed by atoms with Crippen LogP contribution in [0.25, 0.3) is 0 Å². The molecule has 1 N–H and O–H groups in total. The van der Waals surface area contributed by atoms with Gasteiger partial charge in [0.25, 0.3) is 0 Å². The highest BCUT2D eigenvalue weighted by Crippen LogP contribution is 1.95. The third kappa shape index (κ3) is 7.32. The number of hydrogen-bond donors (Lipinski definition) is 1. The zero-order valence-corrected chi connectivity index (χ0v) is 8.26. The Kier molecular flexibility index (Phi) is 6.44. The van der Waals surface area contributed by atoms with Crippen molar-refractivity contribution in [3.63, 3.8) is 0 Å². The van der Waals surface area contributed by atoms with Crippen molar-refractivity contribution < 1.29 is 4.79 Å². The number of rotatable bonds is 5. The van der Waals surface area contributed by atoms with Gasteiger partial charge in [0, 0.05) is 13.0 Å². The third-order valence-corrected chi connectivity index (χ3v) is 1.56. The van der Waals surface area contributed by atoms with Gasteiger partial charge in [0.05, 0.1) is 0 Å². The number of allylic oxidation sites excluding steroid dienone is 1. The molecular weight excluding hydrogens is 150 g/mol. The molecule has 70 valence electrons. The van der Waals surface area contributed by atoms with Crippen LogP contribution in [0.5, 0.6) is 0 Å². The lowest BCUT2D eigenvalue weighted by Crippen LogP contribution is -2.29. The predicted molar refractivity (Wildman–Crippen MR) is 51.9 cm³/mol. The molecular formula is C10H19NO. The summed E-state index contributed by atoms with van der Waals surface area (Å²) in [7, 11) is 0. The van der Waals surface area contributed by atoms with Gasteiger partial charge >= 0.3 is 0 Å². The van der Waals surface area contributed by atoms with E-state index in [-0.39, 0.29) is 11.9 Å². The monoisotopic (exact) mass is 169 g/mol. The van der Waals surface area contributed by atoms with Crippen molar-refractivity contribution >= 4 is 5.91 Å². The fraction of sp³-hybridized carbons (Fsp3) is 0.700. The molecule has 0 saturated carbocycles. The predicted octanol–water partition coefficient (Wildman–Crippen LogP) is 2.26. The van der Waals surface area contributed by atoms with Gasteiger partial charge in [-0.2, -0.15) is 0 Å². The maximum Gasteiger partial charge on any atom is 0.217 e. The van der Waals surface area contributed by atoms with Gasteiger partial charge in [-0.1, -0.05) is 25.5 Å². The summed E-state index contributed by atoms with van der Waals surface area (Å²) in [5.41, 5.74) is 0. The molecule has 2 heteroatoms. The molecule has 0 radical (unpaired) electrons. The van der Waals surface area contributed by atoms with Crippen LogP contribution in [0.4, 0.5) is 0 Å². The number of nitrogens with one attached hydrogen (secondary N) is 1. The molecule has 2 nitrogen and oxygen atoms in total. The van der Waals surface area contributed by atoms with Gasteiger partial charge in [0.1, 0.15) is 0 Å². The van der Waals surface area contributed by atoms with Crippen LogP contribution in [-0.4, -0.2) is 11.9 Å². The summed E-state index contributed by atoms with van der Waals surface area (Å²) in [5.74, 6) is 0.0476. The second-order valence-corrected chi connectivity index (χ2v) is 3.10. The zero-order valence-electron chi connectivity index (χ0n) is 8.26. The van der Waals surface area contributed by atoms with Crippen LogP contribution >= 0.6 is 0 Å². The molecule has 0 saturated heterocycles. The lowest BCUT2D eigenvalue weighted by atomic mass is 10.2. The molecule has 1 unspecified atom stereocenters. The first kappa shape index (κ1) is 11.2. The van der Waals surface area contributed by atoms with Crippen LogP contribution in [0.15, 0.2) is 12.2 Å². The molecule has 0 aromatic carbocycles. The van der Waals surface area contributed by atoms with Crippen molar-refractivity contribution in [3.8, 4) is 0 Å². The number of hydrogen-bond acceptors (Lipinski definition) is 1. The quantitative estimate of drug-likeness (QED) is 0.628. The first-order valence-electron chi connectivity index (χ1n) is 4.59. The molecule has 12 heavy (non-hydrogen) atoms. The van der Waals surface area contributed by atoms with Gasteiger partial charge in [-0.05, 0) is 19.8 Å². The van der Waals surface area contributed by atoms with Gasteiger partial charge < -0.3 is 5.32 Å². The Balaban J connectivity index is 3.42. The molecule has 0 aliphatic rings. The average Bonchev–Trinajstić information content (AvgIpc) is 1.97. The van der Waals surface area contributed by atoms with E-state index in [0.717, 1.165) is 12.8 Å². The minimum Gasteiger partial charge on any atom is -0.354 e. The van der Waals surface area contributed by atoms with Gasteiger partial charge in [0.2, 0.25) is 5.91 Å². The molecule has 0 bridgehead atoms. The molecule has 0 aliphatic carbocycles. The third-order valence-electron chi connectivity index (χ3n) is 1.56. The fourth-order valence-corrected chi connectivity index (χ4v) is 0.991. The first-order chi connectivity index (χ1) is 5.66. The maximum absolute atomic E-state index is 10.6. The summed E-state index contributed by atoms with van der Waals surface area (Å²) in [6.45, 7) is 5.71. The van der Waals surface area contributed by atoms with Crippen molar-refractivity contribution in [2.45, 2.75) is 46.1 Å². The number of unbranched alkanes of at least 4 members (excludes halogenated alkanes) is 1. The molecule has 0 aromatic heterocycles. The Labute approximate surface area is 75.0 Å². The Morgan fingerprint density at radius 2 is 2.17 bits per heavy atom. The van der Waals surface area contributed by atoms with E-state index in [1.54, 1.807) is 6.92 Å². The molecule has 0 heterocycles. The summed E-state index contributed by atoms with van der Waals surface area (Å²) in [5, 5.41) is 2.83. The minimum atomic E-state index is 0.0476. The maximum atomic E-state index is 10.6. The Morgan fingerprint density at radius 1 is 1.50 bits per heavy atom. The fourth-order valence-electron chi connectivity index (χ4n) is 0.991. The highest BCUT2D eigenvalue weighted by atomic mass is 16.1. The van der Waals surface area contributed by atoms with Crippen molar-refractivity contribution in [3.05, 3.63) is 12.2 Å². The highest BCUT2D eigenvalue weighted by Gasteiger charge is 1.98. The Bertz CT molecular complexity index is 152. The summed E-state index contributed by atoms with van der Waals surface area (Å²) in [6, 6.07) is 0.260. The number of carbonyl (C=O) groups is 1. The molecule has 1 atom stereocenters. The van der Waals surface area contributed by atoms with Crippen molar-refractivity contribution in [2.75, 3.05) is 0 Å². The molecule has 0 rings (SSSR count). The van der Waals surface area contributed by atoms with E-state index in [0.29, 0.717) is 0 Å². The second-order valence-electron chi connectivity index (χ2n) is 3.10. The van der Waals surface area contributed by atoms with E-state index in [1.165, 1.54) is 6.42 Å². The molecule has 0 spiro atoms. The smallest absolute Gasteiger partial charge is 0.217 e. The molecule has 0 aliphatic heterocycles. The molecule has 0 fully saturated rings. The van der Waals surface area contributed by atoms with Crippen LogP contribution in [-0.2, 0) is 4.79 Å². The van der Waals surface area contributed by atoms with Crippen molar-refractivity contribution in [2.24, 2.45) is 0 Å². The van der Waals surface area contributed by atoms with E-state index in [1.807, 2.05) is 6.92 Å². The van der Waals surface area contributed by atoms with E-state index in [4.69, 9.17) is 0 Å². The standard InChI is InChI=1S/C10H19NO/c1-4-5-6-7-8-9(2)11-10(3)12/h6-7,9H,4-5,8H2,1-3H3,(H,11,12)/b7-6+. The summed E-state index contributed by atoms with van der Waals surface area (Å²) in [6.07, 6.45) is 7.54. The lowest BCUT2D eigenvalue weighted by molar-refractivity contribution is -0.119. The van der Waals surface area contributed by atoms with Crippen LogP contribution < -0.4 is 5.32 Å². The number of carbonyl (C=O) groups excluding carboxylic acids is 1. The van der Waals surface area contributed by atoms with Crippen LogP contribution in [0.1, 0.15) is 40.0 Å².